The van der Waals surface area contributed by atoms with Gasteiger partial charge in [-0.05, 0) is 26.4 Å². The monoisotopic (exact) mass is 248 g/mol. The van der Waals surface area contributed by atoms with Crippen LogP contribution in [0.2, 0.25) is 0 Å². The maximum Gasteiger partial charge on any atom is 0.338 e. The molecule has 5 nitrogen and oxygen atoms in total. The molecule has 1 heterocycles. The van der Waals surface area contributed by atoms with Crippen molar-refractivity contribution < 1.29 is 14.7 Å². The van der Waals surface area contributed by atoms with Crippen molar-refractivity contribution in [3.8, 4) is 11.8 Å². The van der Waals surface area contributed by atoms with Crippen LogP contribution < -0.4 is 0 Å². The molecule has 0 atom stereocenters. The highest BCUT2D eigenvalue weighted by Gasteiger charge is 2.20. The Hall–Kier alpha value is -2.06. The zero-order chi connectivity index (χ0) is 13.7. The molecule has 0 bridgehead atoms. The van der Waals surface area contributed by atoms with Gasteiger partial charge >= 0.3 is 5.97 Å². The van der Waals surface area contributed by atoms with Crippen LogP contribution in [0.3, 0.4) is 0 Å². The number of nitrogens with zero attached hydrogens (tertiary/aromatic N) is 1. The molecule has 0 amide bonds. The summed E-state index contributed by atoms with van der Waals surface area (Å²) in [6.07, 6.45) is 1.03. The third kappa shape index (κ3) is 2.99. The van der Waals surface area contributed by atoms with E-state index in [4.69, 9.17) is 5.11 Å². The molecule has 0 aliphatic heterocycles. The number of carboxylic acid groups (broad SMARTS) is 1. The van der Waals surface area contributed by atoms with Crippen LogP contribution in [0.1, 0.15) is 39.0 Å². The molecular weight excluding hydrogens is 232 g/mol. The van der Waals surface area contributed by atoms with Crippen molar-refractivity contribution in [2.45, 2.75) is 13.3 Å². The van der Waals surface area contributed by atoms with Gasteiger partial charge in [0.15, 0.2) is 6.29 Å². The summed E-state index contributed by atoms with van der Waals surface area (Å²) in [5.41, 5.74) is 1.20. The summed E-state index contributed by atoms with van der Waals surface area (Å²) in [5, 5.41) is 9.10. The highest BCUT2D eigenvalue weighted by molar-refractivity contribution is 5.98. The van der Waals surface area contributed by atoms with E-state index in [2.05, 4.69) is 16.8 Å². The van der Waals surface area contributed by atoms with E-state index in [9.17, 15) is 9.59 Å². The van der Waals surface area contributed by atoms with Crippen LogP contribution >= 0.6 is 0 Å². The van der Waals surface area contributed by atoms with Gasteiger partial charge in [-0.1, -0.05) is 12.8 Å². The van der Waals surface area contributed by atoms with E-state index in [0.717, 1.165) is 0 Å². The number of aldehydes is 1. The first-order valence-corrected chi connectivity index (χ1v) is 5.58. The van der Waals surface area contributed by atoms with Crippen molar-refractivity contribution in [1.29, 1.82) is 0 Å². The minimum Gasteiger partial charge on any atom is -0.478 e. The summed E-state index contributed by atoms with van der Waals surface area (Å²) in [6.45, 7) is 2.41. The van der Waals surface area contributed by atoms with Crippen LogP contribution in [-0.2, 0) is 6.42 Å². The molecule has 0 aliphatic rings. The van der Waals surface area contributed by atoms with E-state index in [1.165, 1.54) is 0 Å². The highest BCUT2D eigenvalue weighted by atomic mass is 16.4. The molecule has 0 aromatic carbocycles. The second-order valence-electron chi connectivity index (χ2n) is 4.08. The van der Waals surface area contributed by atoms with E-state index in [1.54, 1.807) is 0 Å². The third-order valence-electron chi connectivity index (χ3n) is 2.43. The third-order valence-corrected chi connectivity index (χ3v) is 2.43. The summed E-state index contributed by atoms with van der Waals surface area (Å²) in [4.78, 5) is 26.6. The van der Waals surface area contributed by atoms with Crippen molar-refractivity contribution in [1.82, 2.24) is 9.88 Å². The van der Waals surface area contributed by atoms with Crippen LogP contribution in [0.4, 0.5) is 0 Å². The highest BCUT2D eigenvalue weighted by Crippen LogP contribution is 2.18. The summed E-state index contributed by atoms with van der Waals surface area (Å²) >= 11 is 0. The van der Waals surface area contributed by atoms with Gasteiger partial charge in [-0.25, -0.2) is 4.79 Å². The number of hydrogen-bond acceptors (Lipinski definition) is 3. The van der Waals surface area contributed by atoms with Gasteiger partial charge in [0.05, 0.1) is 23.5 Å². The first-order chi connectivity index (χ1) is 8.51. The lowest BCUT2D eigenvalue weighted by molar-refractivity contribution is 0.0693. The van der Waals surface area contributed by atoms with Crippen molar-refractivity contribution in [3.63, 3.8) is 0 Å². The Balaban J connectivity index is 3.23. The Morgan fingerprint density at radius 3 is 2.61 bits per heavy atom. The number of hydrogen-bond donors (Lipinski definition) is 2. The van der Waals surface area contributed by atoms with Gasteiger partial charge in [0.2, 0.25) is 0 Å². The smallest absolute Gasteiger partial charge is 0.338 e. The zero-order valence-electron chi connectivity index (χ0n) is 10.7. The zero-order valence-corrected chi connectivity index (χ0v) is 10.7. The van der Waals surface area contributed by atoms with E-state index in [0.29, 0.717) is 30.5 Å². The van der Waals surface area contributed by atoms with Gasteiger partial charge in [0, 0.05) is 5.56 Å². The fraction of sp³-hybridized carbons (Fsp3) is 0.385. The number of aromatic amines is 1. The summed E-state index contributed by atoms with van der Waals surface area (Å²) in [5.74, 6) is 4.69. The molecule has 0 radical (unpaired) electrons. The van der Waals surface area contributed by atoms with Crippen LogP contribution in [0, 0.1) is 11.8 Å². The minimum atomic E-state index is -1.11. The standard InChI is InChI=1S/C13H16N2O3/c1-4-9-10(6-5-7-15(2)3)14-11(8-16)12(9)13(17)18/h8,14H,4,7H2,1-3H3,(H,17,18). The second kappa shape index (κ2) is 6.03. The molecule has 1 aromatic heterocycles. The lowest BCUT2D eigenvalue weighted by atomic mass is 10.1. The topological polar surface area (TPSA) is 73.4 Å². The van der Waals surface area contributed by atoms with Gasteiger partial charge in [0.1, 0.15) is 0 Å². The van der Waals surface area contributed by atoms with Crippen molar-refractivity contribution in [3.05, 3.63) is 22.5 Å². The lowest BCUT2D eigenvalue weighted by Crippen LogP contribution is -2.10. The molecule has 0 saturated carbocycles. The van der Waals surface area contributed by atoms with Crippen LogP contribution in [0.15, 0.2) is 0 Å². The van der Waals surface area contributed by atoms with Crippen LogP contribution in [0.25, 0.3) is 0 Å². The molecule has 5 heteroatoms. The summed E-state index contributed by atoms with van der Waals surface area (Å²) in [7, 11) is 3.79. The largest absolute Gasteiger partial charge is 0.478 e. The minimum absolute atomic E-state index is 0.0293. The number of rotatable bonds is 4. The number of carbonyl (C=O) groups is 2. The Bertz CT molecular complexity index is 518. The number of aromatic nitrogens is 1. The first-order valence-electron chi connectivity index (χ1n) is 5.58. The maximum absolute atomic E-state index is 11.1. The lowest BCUT2D eigenvalue weighted by Gasteiger charge is -2.01. The van der Waals surface area contributed by atoms with Gasteiger partial charge in [-0.3, -0.25) is 9.69 Å². The number of H-pyrrole nitrogens is 1. The van der Waals surface area contributed by atoms with Gasteiger partial charge in [0.25, 0.3) is 0 Å². The maximum atomic E-state index is 11.1. The first kappa shape index (κ1) is 14.0. The van der Waals surface area contributed by atoms with E-state index >= 15 is 0 Å². The molecule has 0 saturated heterocycles. The van der Waals surface area contributed by atoms with Crippen LogP contribution in [0.5, 0.6) is 0 Å². The van der Waals surface area contributed by atoms with Crippen molar-refractivity contribution >= 4 is 12.3 Å². The second-order valence-corrected chi connectivity index (χ2v) is 4.08. The number of carbonyl (C=O) groups excluding carboxylic acids is 1. The quantitative estimate of drug-likeness (QED) is 0.616. The summed E-state index contributed by atoms with van der Waals surface area (Å²) < 4.78 is 0. The Morgan fingerprint density at radius 1 is 1.50 bits per heavy atom. The number of aromatic carboxylic acids is 1. The molecular formula is C13H16N2O3. The Morgan fingerprint density at radius 2 is 2.17 bits per heavy atom. The van der Waals surface area contributed by atoms with Crippen molar-refractivity contribution in [2.24, 2.45) is 0 Å². The Labute approximate surface area is 106 Å². The fourth-order valence-electron chi connectivity index (χ4n) is 1.64. The van der Waals surface area contributed by atoms with E-state index in [1.807, 2.05) is 25.9 Å². The SMILES string of the molecule is CCc1c(C#CCN(C)C)[nH]c(C=O)c1C(=O)O. The summed E-state index contributed by atoms with van der Waals surface area (Å²) in [6, 6.07) is 0. The molecule has 96 valence electrons. The molecule has 0 unspecified atom stereocenters. The van der Waals surface area contributed by atoms with Crippen LogP contribution in [-0.4, -0.2) is 47.9 Å². The number of carboxylic acids is 1. The molecule has 18 heavy (non-hydrogen) atoms. The Kier molecular flexibility index (Phi) is 4.69. The molecule has 0 spiro atoms. The number of nitrogens with one attached hydrogen (secondary N) is 1. The molecule has 0 fully saturated rings. The average Bonchev–Trinajstić information content (AvgIpc) is 2.66. The molecule has 1 rings (SSSR count). The van der Waals surface area contributed by atoms with E-state index in [-0.39, 0.29) is 11.3 Å². The average molecular weight is 248 g/mol. The van der Waals surface area contributed by atoms with Gasteiger partial charge < -0.3 is 10.1 Å². The predicted molar refractivity (Wildman–Crippen MR) is 67.9 cm³/mol. The van der Waals surface area contributed by atoms with Crippen molar-refractivity contribution in [2.75, 3.05) is 20.6 Å². The van der Waals surface area contributed by atoms with E-state index < -0.39 is 5.97 Å². The molecule has 0 aliphatic carbocycles. The van der Waals surface area contributed by atoms with Gasteiger partial charge in [-0.15, -0.1) is 0 Å². The molecule has 1 aromatic rings. The molecule has 2 N–H and O–H groups in total. The van der Waals surface area contributed by atoms with Gasteiger partial charge in [-0.2, -0.15) is 0 Å². The predicted octanol–water partition coefficient (Wildman–Crippen LogP) is 1.00. The normalized spacial score (nSPS) is 10.0. The fourth-order valence-corrected chi connectivity index (χ4v) is 1.64.